The Bertz CT molecular complexity index is 321. The smallest absolute Gasteiger partial charge is 0.322 e. The van der Waals surface area contributed by atoms with E-state index in [0.29, 0.717) is 6.54 Å². The van der Waals surface area contributed by atoms with E-state index >= 15 is 0 Å². The van der Waals surface area contributed by atoms with Crippen molar-refractivity contribution in [3.8, 4) is 0 Å². The van der Waals surface area contributed by atoms with Crippen LogP contribution in [0.3, 0.4) is 0 Å². The summed E-state index contributed by atoms with van der Waals surface area (Å²) in [5.41, 5.74) is 4.49. The van der Waals surface area contributed by atoms with Crippen molar-refractivity contribution in [1.29, 1.82) is 0 Å². The van der Waals surface area contributed by atoms with Crippen molar-refractivity contribution in [3.05, 3.63) is 35.4 Å². The second kappa shape index (κ2) is 5.36. The molecule has 0 saturated heterocycles. The van der Waals surface area contributed by atoms with Gasteiger partial charge in [0.05, 0.1) is 0 Å². The van der Waals surface area contributed by atoms with E-state index in [4.69, 9.17) is 5.84 Å². The van der Waals surface area contributed by atoms with Crippen LogP contribution in [0.25, 0.3) is 0 Å². The summed E-state index contributed by atoms with van der Waals surface area (Å²) >= 11 is 0. The third kappa shape index (κ3) is 3.25. The van der Waals surface area contributed by atoms with E-state index in [2.05, 4.69) is 24.5 Å². The highest BCUT2D eigenvalue weighted by Gasteiger charge is 2.06. The number of nitrogens with zero attached hydrogens (tertiary/aromatic N) is 1. The first kappa shape index (κ1) is 11.5. The van der Waals surface area contributed by atoms with Crippen molar-refractivity contribution in [2.75, 3.05) is 7.05 Å². The van der Waals surface area contributed by atoms with Crippen LogP contribution >= 0.6 is 0 Å². The predicted molar refractivity (Wildman–Crippen MR) is 60.0 cm³/mol. The number of nitrogens with two attached hydrogens (primary N) is 1. The molecule has 3 N–H and O–H groups in total. The molecule has 4 nitrogen and oxygen atoms in total. The van der Waals surface area contributed by atoms with Crippen LogP contribution in [0, 0.1) is 0 Å². The van der Waals surface area contributed by atoms with Gasteiger partial charge in [0.1, 0.15) is 0 Å². The molecular formula is C11H17N3O. The van der Waals surface area contributed by atoms with Crippen molar-refractivity contribution < 1.29 is 4.79 Å². The summed E-state index contributed by atoms with van der Waals surface area (Å²) in [6, 6.07) is 7.92. The van der Waals surface area contributed by atoms with E-state index < -0.39 is 0 Å². The number of amides is 2. The number of rotatable bonds is 3. The minimum atomic E-state index is -0.283. The van der Waals surface area contributed by atoms with Crippen molar-refractivity contribution in [2.45, 2.75) is 19.9 Å². The van der Waals surface area contributed by atoms with Crippen LogP contribution < -0.4 is 11.3 Å². The Labute approximate surface area is 90.0 Å². The van der Waals surface area contributed by atoms with Gasteiger partial charge in [-0.1, -0.05) is 31.2 Å². The molecule has 1 aromatic carbocycles. The SMILES string of the molecule is CCc1ccc(CN(C)C(=O)NN)cc1. The number of hydrogen-bond acceptors (Lipinski definition) is 2. The second-order valence-corrected chi connectivity index (χ2v) is 3.48. The summed E-state index contributed by atoms with van der Waals surface area (Å²) in [5, 5.41) is 0. The van der Waals surface area contributed by atoms with Gasteiger partial charge < -0.3 is 4.90 Å². The van der Waals surface area contributed by atoms with E-state index in [1.165, 1.54) is 10.5 Å². The van der Waals surface area contributed by atoms with Crippen LogP contribution in [0.1, 0.15) is 18.1 Å². The van der Waals surface area contributed by atoms with Crippen molar-refractivity contribution in [1.82, 2.24) is 10.3 Å². The predicted octanol–water partition coefficient (Wildman–Crippen LogP) is 1.26. The molecule has 82 valence electrons. The van der Waals surface area contributed by atoms with E-state index in [0.717, 1.165) is 12.0 Å². The Morgan fingerprint density at radius 3 is 2.33 bits per heavy atom. The number of carbonyl (C=O) groups is 1. The van der Waals surface area contributed by atoms with Crippen molar-refractivity contribution in [3.63, 3.8) is 0 Å². The van der Waals surface area contributed by atoms with Gasteiger partial charge in [0, 0.05) is 13.6 Å². The normalized spacial score (nSPS) is 9.80. The fourth-order valence-electron chi connectivity index (χ4n) is 1.34. The standard InChI is InChI=1S/C11H17N3O/c1-3-9-4-6-10(7-5-9)8-14(2)11(15)13-12/h4-7H,3,8,12H2,1-2H3,(H,13,15). The third-order valence-electron chi connectivity index (χ3n) is 2.32. The minimum absolute atomic E-state index is 0.283. The number of nitrogens with one attached hydrogen (secondary N) is 1. The second-order valence-electron chi connectivity index (χ2n) is 3.48. The lowest BCUT2D eigenvalue weighted by Crippen LogP contribution is -2.40. The Hall–Kier alpha value is -1.55. The quantitative estimate of drug-likeness (QED) is 0.445. The van der Waals surface area contributed by atoms with Crippen LogP contribution in [0.2, 0.25) is 0 Å². The lowest BCUT2D eigenvalue weighted by molar-refractivity contribution is 0.207. The summed E-state index contributed by atoms with van der Waals surface area (Å²) in [6.07, 6.45) is 1.03. The van der Waals surface area contributed by atoms with Gasteiger partial charge in [-0.15, -0.1) is 0 Å². The molecule has 1 rings (SSSR count). The average Bonchev–Trinajstić information content (AvgIpc) is 2.29. The zero-order valence-electron chi connectivity index (χ0n) is 9.16. The molecule has 0 fully saturated rings. The van der Waals surface area contributed by atoms with Gasteiger partial charge in [-0.05, 0) is 17.5 Å². The Balaban J connectivity index is 2.60. The molecule has 0 saturated carbocycles. The van der Waals surface area contributed by atoms with Gasteiger partial charge in [-0.25, -0.2) is 10.6 Å². The highest BCUT2D eigenvalue weighted by atomic mass is 16.2. The molecule has 1 aromatic rings. The van der Waals surface area contributed by atoms with Crippen molar-refractivity contribution in [2.24, 2.45) is 5.84 Å². The highest BCUT2D eigenvalue weighted by Crippen LogP contribution is 2.07. The number of aryl methyl sites for hydroxylation is 1. The van der Waals surface area contributed by atoms with E-state index in [1.807, 2.05) is 12.1 Å². The summed E-state index contributed by atoms with van der Waals surface area (Å²) in [7, 11) is 1.70. The largest absolute Gasteiger partial charge is 0.331 e. The number of carbonyl (C=O) groups excluding carboxylic acids is 1. The number of hydrogen-bond donors (Lipinski definition) is 2. The Morgan fingerprint density at radius 2 is 1.87 bits per heavy atom. The van der Waals surface area contributed by atoms with Gasteiger partial charge in [0.15, 0.2) is 0 Å². The molecule has 0 atom stereocenters. The fourth-order valence-corrected chi connectivity index (χ4v) is 1.34. The van der Waals surface area contributed by atoms with Gasteiger partial charge in [-0.3, -0.25) is 5.43 Å². The molecule has 0 aliphatic rings. The molecule has 15 heavy (non-hydrogen) atoms. The van der Waals surface area contributed by atoms with E-state index in [9.17, 15) is 4.79 Å². The molecule has 0 spiro atoms. The molecule has 0 bridgehead atoms. The molecule has 0 aromatic heterocycles. The summed E-state index contributed by atoms with van der Waals surface area (Å²) < 4.78 is 0. The van der Waals surface area contributed by atoms with E-state index in [-0.39, 0.29) is 6.03 Å². The zero-order valence-corrected chi connectivity index (χ0v) is 9.16. The molecular weight excluding hydrogens is 190 g/mol. The summed E-state index contributed by atoms with van der Waals surface area (Å²) in [6.45, 7) is 2.68. The lowest BCUT2D eigenvalue weighted by atomic mass is 10.1. The van der Waals surface area contributed by atoms with Crippen LogP contribution in [-0.4, -0.2) is 18.0 Å². The van der Waals surface area contributed by atoms with Gasteiger partial charge >= 0.3 is 6.03 Å². The first-order chi connectivity index (χ1) is 7.17. The molecule has 0 heterocycles. The maximum atomic E-state index is 11.1. The van der Waals surface area contributed by atoms with Crippen LogP contribution in [0.5, 0.6) is 0 Å². The monoisotopic (exact) mass is 207 g/mol. The van der Waals surface area contributed by atoms with Crippen LogP contribution in [0.15, 0.2) is 24.3 Å². The van der Waals surface area contributed by atoms with Gasteiger partial charge in [0.2, 0.25) is 0 Å². The minimum Gasteiger partial charge on any atom is -0.322 e. The highest BCUT2D eigenvalue weighted by molar-refractivity contribution is 5.73. The molecule has 0 aliphatic carbocycles. The molecule has 0 unspecified atom stereocenters. The molecule has 2 amide bonds. The van der Waals surface area contributed by atoms with Crippen LogP contribution in [0.4, 0.5) is 4.79 Å². The maximum Gasteiger partial charge on any atom is 0.331 e. The Morgan fingerprint density at radius 1 is 1.33 bits per heavy atom. The average molecular weight is 207 g/mol. The molecule has 0 radical (unpaired) electrons. The molecule has 0 aliphatic heterocycles. The topological polar surface area (TPSA) is 58.4 Å². The first-order valence-electron chi connectivity index (χ1n) is 4.97. The first-order valence-corrected chi connectivity index (χ1v) is 4.97. The Kier molecular flexibility index (Phi) is 4.12. The van der Waals surface area contributed by atoms with E-state index in [1.54, 1.807) is 7.05 Å². The van der Waals surface area contributed by atoms with Crippen molar-refractivity contribution >= 4 is 6.03 Å². The van der Waals surface area contributed by atoms with Gasteiger partial charge in [0.25, 0.3) is 0 Å². The van der Waals surface area contributed by atoms with Gasteiger partial charge in [-0.2, -0.15) is 0 Å². The number of hydrazine groups is 1. The fraction of sp³-hybridized carbons (Fsp3) is 0.364. The maximum absolute atomic E-state index is 11.1. The summed E-state index contributed by atoms with van der Waals surface area (Å²) in [5.74, 6) is 5.03. The lowest BCUT2D eigenvalue weighted by Gasteiger charge is -2.16. The van der Waals surface area contributed by atoms with Crippen LogP contribution in [-0.2, 0) is 13.0 Å². The third-order valence-corrected chi connectivity index (χ3v) is 2.32. The zero-order chi connectivity index (χ0) is 11.3. The summed E-state index contributed by atoms with van der Waals surface area (Å²) in [4.78, 5) is 12.7. The molecule has 4 heteroatoms. The number of urea groups is 1. The number of benzene rings is 1.